The smallest absolute Gasteiger partial charge is 0.264 e. The SMILES string of the molecule is CC[C@H](C)NC(=O)[C@H](C)N(Cc1ccc(C)cc1)C(=O)CN(c1ccc(Cl)c(Cl)c1)S(=O)(=O)c1ccccc1. The molecule has 3 aromatic rings. The summed E-state index contributed by atoms with van der Waals surface area (Å²) in [5.74, 6) is -0.871. The highest BCUT2D eigenvalue weighted by atomic mass is 35.5. The number of halogens is 2. The zero-order valence-corrected chi connectivity index (χ0v) is 24.7. The highest BCUT2D eigenvalue weighted by Gasteiger charge is 2.33. The molecule has 3 aromatic carbocycles. The zero-order chi connectivity index (χ0) is 28.7. The number of aryl methyl sites for hydroxylation is 1. The molecule has 2 atom stereocenters. The first-order chi connectivity index (χ1) is 18.4. The van der Waals surface area contributed by atoms with Gasteiger partial charge >= 0.3 is 0 Å². The van der Waals surface area contributed by atoms with E-state index in [9.17, 15) is 18.0 Å². The van der Waals surface area contributed by atoms with E-state index >= 15 is 0 Å². The number of sulfonamides is 1. The Hall–Kier alpha value is -3.07. The Morgan fingerprint density at radius 2 is 1.56 bits per heavy atom. The molecule has 0 aliphatic rings. The molecule has 0 fully saturated rings. The summed E-state index contributed by atoms with van der Waals surface area (Å²) in [5.41, 5.74) is 2.04. The van der Waals surface area contributed by atoms with Crippen molar-refractivity contribution in [3.05, 3.63) is 94.0 Å². The van der Waals surface area contributed by atoms with Crippen molar-refractivity contribution in [2.24, 2.45) is 0 Å². The van der Waals surface area contributed by atoms with Crippen LogP contribution in [0.2, 0.25) is 10.0 Å². The summed E-state index contributed by atoms with van der Waals surface area (Å²) in [6.07, 6.45) is 0.727. The van der Waals surface area contributed by atoms with E-state index in [1.807, 2.05) is 45.0 Å². The van der Waals surface area contributed by atoms with Crippen molar-refractivity contribution in [2.45, 2.75) is 57.6 Å². The molecule has 0 heterocycles. The van der Waals surface area contributed by atoms with Crippen molar-refractivity contribution in [3.8, 4) is 0 Å². The van der Waals surface area contributed by atoms with E-state index in [4.69, 9.17) is 23.2 Å². The second-order valence-electron chi connectivity index (χ2n) is 9.42. The molecule has 1 N–H and O–H groups in total. The fraction of sp³-hybridized carbons (Fsp3) is 0.310. The Morgan fingerprint density at radius 1 is 0.923 bits per heavy atom. The lowest BCUT2D eigenvalue weighted by Crippen LogP contribution is -2.52. The van der Waals surface area contributed by atoms with Gasteiger partial charge in [-0.15, -0.1) is 0 Å². The molecule has 0 aliphatic carbocycles. The van der Waals surface area contributed by atoms with Crippen molar-refractivity contribution >= 4 is 50.7 Å². The number of carbonyl (C=O) groups excluding carboxylic acids is 2. The number of amides is 2. The summed E-state index contributed by atoms with van der Waals surface area (Å²) < 4.78 is 28.5. The van der Waals surface area contributed by atoms with Crippen LogP contribution in [0.4, 0.5) is 5.69 Å². The summed E-state index contributed by atoms with van der Waals surface area (Å²) >= 11 is 12.3. The second-order valence-corrected chi connectivity index (χ2v) is 12.1. The molecule has 0 radical (unpaired) electrons. The molecule has 208 valence electrons. The predicted octanol–water partition coefficient (Wildman–Crippen LogP) is 5.83. The van der Waals surface area contributed by atoms with E-state index in [0.29, 0.717) is 0 Å². The number of benzene rings is 3. The van der Waals surface area contributed by atoms with Gasteiger partial charge in [-0.2, -0.15) is 0 Å². The van der Waals surface area contributed by atoms with Gasteiger partial charge in [0.05, 0.1) is 20.6 Å². The van der Waals surface area contributed by atoms with Crippen LogP contribution < -0.4 is 9.62 Å². The molecule has 2 amide bonds. The lowest BCUT2D eigenvalue weighted by molar-refractivity contribution is -0.139. The number of carbonyl (C=O) groups is 2. The maximum absolute atomic E-state index is 13.9. The van der Waals surface area contributed by atoms with E-state index in [2.05, 4.69) is 5.32 Å². The van der Waals surface area contributed by atoms with Crippen LogP contribution in [-0.2, 0) is 26.2 Å². The minimum atomic E-state index is -4.18. The van der Waals surface area contributed by atoms with Crippen LogP contribution in [0.3, 0.4) is 0 Å². The van der Waals surface area contributed by atoms with Crippen molar-refractivity contribution in [2.75, 3.05) is 10.8 Å². The molecule has 10 heteroatoms. The average Bonchev–Trinajstić information content (AvgIpc) is 2.92. The first-order valence-electron chi connectivity index (χ1n) is 12.6. The third kappa shape index (κ3) is 7.75. The van der Waals surface area contributed by atoms with Crippen LogP contribution >= 0.6 is 23.2 Å². The number of anilines is 1. The van der Waals surface area contributed by atoms with Crippen molar-refractivity contribution < 1.29 is 18.0 Å². The van der Waals surface area contributed by atoms with E-state index in [0.717, 1.165) is 21.9 Å². The van der Waals surface area contributed by atoms with Gasteiger partial charge in [-0.1, -0.05) is 78.2 Å². The minimum Gasteiger partial charge on any atom is -0.352 e. The predicted molar refractivity (Wildman–Crippen MR) is 157 cm³/mol. The maximum atomic E-state index is 13.9. The third-order valence-electron chi connectivity index (χ3n) is 6.44. The van der Waals surface area contributed by atoms with Crippen LogP contribution in [0, 0.1) is 6.92 Å². The fourth-order valence-corrected chi connectivity index (χ4v) is 5.55. The highest BCUT2D eigenvalue weighted by Crippen LogP contribution is 2.31. The van der Waals surface area contributed by atoms with Gasteiger partial charge in [-0.05, 0) is 63.1 Å². The lowest BCUT2D eigenvalue weighted by Gasteiger charge is -2.32. The van der Waals surface area contributed by atoms with Gasteiger partial charge in [0.2, 0.25) is 11.8 Å². The Kier molecular flexibility index (Phi) is 10.4. The summed E-state index contributed by atoms with van der Waals surface area (Å²) in [7, 11) is -4.18. The molecule has 0 aromatic heterocycles. The quantitative estimate of drug-likeness (QED) is 0.305. The number of rotatable bonds is 11. The lowest BCUT2D eigenvalue weighted by atomic mass is 10.1. The second kappa shape index (κ2) is 13.3. The van der Waals surface area contributed by atoms with Gasteiger partial charge in [-0.3, -0.25) is 13.9 Å². The normalized spacial score (nSPS) is 12.9. The topological polar surface area (TPSA) is 86.8 Å². The molecule has 0 aliphatic heterocycles. The Bertz CT molecular complexity index is 1400. The molecule has 39 heavy (non-hydrogen) atoms. The summed E-state index contributed by atoms with van der Waals surface area (Å²) in [6, 6.07) is 18.9. The van der Waals surface area contributed by atoms with E-state index < -0.39 is 28.5 Å². The van der Waals surface area contributed by atoms with Crippen LogP contribution in [-0.4, -0.2) is 43.8 Å². The molecule has 0 spiro atoms. The zero-order valence-electron chi connectivity index (χ0n) is 22.4. The number of hydrogen-bond acceptors (Lipinski definition) is 4. The largest absolute Gasteiger partial charge is 0.352 e. The van der Waals surface area contributed by atoms with E-state index in [1.54, 1.807) is 25.1 Å². The maximum Gasteiger partial charge on any atom is 0.264 e. The van der Waals surface area contributed by atoms with Gasteiger partial charge in [-0.25, -0.2) is 8.42 Å². The van der Waals surface area contributed by atoms with Gasteiger partial charge in [0.1, 0.15) is 12.6 Å². The molecule has 3 rings (SSSR count). The van der Waals surface area contributed by atoms with Crippen LogP contribution in [0.15, 0.2) is 77.7 Å². The molecule has 0 bridgehead atoms. The minimum absolute atomic E-state index is 0.0107. The van der Waals surface area contributed by atoms with E-state index in [1.165, 1.54) is 35.2 Å². The summed E-state index contributed by atoms with van der Waals surface area (Å²) in [6.45, 7) is 7.00. The van der Waals surface area contributed by atoms with Gasteiger partial charge < -0.3 is 10.2 Å². The number of nitrogens with one attached hydrogen (secondary N) is 1. The van der Waals surface area contributed by atoms with Crippen molar-refractivity contribution in [1.29, 1.82) is 0 Å². The Balaban J connectivity index is 2.03. The van der Waals surface area contributed by atoms with Crippen molar-refractivity contribution in [1.82, 2.24) is 10.2 Å². The fourth-order valence-electron chi connectivity index (χ4n) is 3.83. The van der Waals surface area contributed by atoms with Gasteiger partial charge in [0.25, 0.3) is 10.0 Å². The average molecular weight is 591 g/mol. The third-order valence-corrected chi connectivity index (χ3v) is 8.97. The standard InChI is InChI=1S/C29H33Cl2N3O4S/c1-5-21(3)32-29(36)22(4)33(18-23-13-11-20(2)12-14-23)28(35)19-34(24-15-16-26(30)27(31)17-24)39(37,38)25-9-7-6-8-10-25/h6-17,21-22H,5,18-19H2,1-4H3,(H,32,36)/t21-,22-/m0/s1. The van der Waals surface area contributed by atoms with Gasteiger partial charge in [0, 0.05) is 12.6 Å². The van der Waals surface area contributed by atoms with Crippen LogP contribution in [0.1, 0.15) is 38.3 Å². The van der Waals surface area contributed by atoms with E-state index in [-0.39, 0.29) is 39.1 Å². The Morgan fingerprint density at radius 3 is 2.15 bits per heavy atom. The highest BCUT2D eigenvalue weighted by molar-refractivity contribution is 7.92. The summed E-state index contributed by atoms with van der Waals surface area (Å²) in [5, 5.41) is 3.31. The molecular formula is C29H33Cl2N3O4S. The summed E-state index contributed by atoms with van der Waals surface area (Å²) in [4.78, 5) is 28.4. The van der Waals surface area contributed by atoms with Crippen LogP contribution in [0.5, 0.6) is 0 Å². The number of nitrogens with zero attached hydrogens (tertiary/aromatic N) is 2. The number of hydrogen-bond donors (Lipinski definition) is 1. The molecule has 7 nitrogen and oxygen atoms in total. The van der Waals surface area contributed by atoms with Crippen molar-refractivity contribution in [3.63, 3.8) is 0 Å². The molecular weight excluding hydrogens is 557 g/mol. The molecule has 0 saturated heterocycles. The monoisotopic (exact) mass is 589 g/mol. The Labute approximate surface area is 240 Å². The van der Waals surface area contributed by atoms with Gasteiger partial charge in [0.15, 0.2) is 0 Å². The molecule has 0 saturated carbocycles. The molecule has 0 unspecified atom stereocenters. The van der Waals surface area contributed by atoms with Crippen LogP contribution in [0.25, 0.3) is 0 Å². The first-order valence-corrected chi connectivity index (χ1v) is 14.8. The first kappa shape index (κ1) is 30.5.